The third kappa shape index (κ3) is 3.98. The highest BCUT2D eigenvalue weighted by Crippen LogP contribution is 2.34. The number of esters is 1. The first-order valence-electron chi connectivity index (χ1n) is 8.25. The highest BCUT2D eigenvalue weighted by Gasteiger charge is 2.21. The number of aryl methyl sites for hydroxylation is 1. The second-order valence-corrected chi connectivity index (χ2v) is 5.69. The molecule has 0 aliphatic rings. The van der Waals surface area contributed by atoms with Gasteiger partial charge in [0, 0.05) is 0 Å². The number of hydrogen-bond donors (Lipinski definition) is 0. The van der Waals surface area contributed by atoms with Crippen LogP contribution < -0.4 is 9.47 Å². The predicted octanol–water partition coefficient (Wildman–Crippen LogP) is 4.65. The lowest BCUT2D eigenvalue weighted by atomic mass is 10.1. The molecule has 138 valence electrons. The summed E-state index contributed by atoms with van der Waals surface area (Å²) in [6, 6.07) is 14.5. The second kappa shape index (κ2) is 7.74. The van der Waals surface area contributed by atoms with Crippen LogP contribution in [0.1, 0.15) is 23.0 Å². The van der Waals surface area contributed by atoms with E-state index in [1.54, 1.807) is 18.2 Å². The zero-order chi connectivity index (χ0) is 19.4. The van der Waals surface area contributed by atoms with Crippen molar-refractivity contribution in [2.24, 2.45) is 0 Å². The molecule has 0 N–H and O–H groups in total. The van der Waals surface area contributed by atoms with Gasteiger partial charge in [-0.25, -0.2) is 4.79 Å². The average Bonchev–Trinajstić information content (AvgIpc) is 3.18. The number of carbonyl (C=O) groups is 1. The van der Waals surface area contributed by atoms with E-state index < -0.39 is 10.9 Å². The highest BCUT2D eigenvalue weighted by atomic mass is 16.6. The first-order chi connectivity index (χ1) is 13.0. The van der Waals surface area contributed by atoms with Crippen LogP contribution in [0.2, 0.25) is 0 Å². The normalized spacial score (nSPS) is 10.4. The van der Waals surface area contributed by atoms with Crippen molar-refractivity contribution in [2.75, 3.05) is 7.11 Å². The summed E-state index contributed by atoms with van der Waals surface area (Å²) in [6.45, 7) is 2.03. The van der Waals surface area contributed by atoms with E-state index in [0.717, 1.165) is 12.0 Å². The van der Waals surface area contributed by atoms with Gasteiger partial charge in [-0.1, -0.05) is 19.1 Å². The van der Waals surface area contributed by atoms with Crippen LogP contribution in [0.4, 0.5) is 5.69 Å². The number of hydrogen-bond acceptors (Lipinski definition) is 6. The molecule has 27 heavy (non-hydrogen) atoms. The molecular weight excluding hydrogens is 350 g/mol. The van der Waals surface area contributed by atoms with Crippen molar-refractivity contribution in [3.8, 4) is 22.8 Å². The maximum atomic E-state index is 12.3. The fraction of sp³-hybridized carbons (Fsp3) is 0.150. The monoisotopic (exact) mass is 367 g/mol. The minimum atomic E-state index is -0.679. The Labute approximate surface area is 155 Å². The van der Waals surface area contributed by atoms with Gasteiger partial charge >= 0.3 is 5.97 Å². The quantitative estimate of drug-likeness (QED) is 0.273. The SMILES string of the molecule is CCc1ccc(OC(=O)c2ccc(-c3ccc(OC)cc3[N+](=O)[O-])o2)cc1. The Kier molecular flexibility index (Phi) is 5.21. The van der Waals surface area contributed by atoms with Crippen LogP contribution in [0.3, 0.4) is 0 Å². The summed E-state index contributed by atoms with van der Waals surface area (Å²) in [5.74, 6) is 0.215. The molecule has 0 aliphatic carbocycles. The molecule has 0 radical (unpaired) electrons. The Morgan fingerprint density at radius 2 is 1.78 bits per heavy atom. The van der Waals surface area contributed by atoms with Gasteiger partial charge < -0.3 is 13.9 Å². The molecule has 1 heterocycles. The molecule has 0 spiro atoms. The Hall–Kier alpha value is -3.61. The van der Waals surface area contributed by atoms with Crippen molar-refractivity contribution in [3.05, 3.63) is 76.0 Å². The number of nitro benzene ring substituents is 1. The largest absolute Gasteiger partial charge is 0.497 e. The van der Waals surface area contributed by atoms with Crippen molar-refractivity contribution in [1.29, 1.82) is 0 Å². The maximum Gasteiger partial charge on any atom is 0.379 e. The summed E-state index contributed by atoms with van der Waals surface area (Å²) >= 11 is 0. The lowest BCUT2D eigenvalue weighted by Gasteiger charge is -2.04. The molecule has 3 rings (SSSR count). The number of furan rings is 1. The molecule has 7 heteroatoms. The number of benzene rings is 2. The molecule has 0 aliphatic heterocycles. The van der Waals surface area contributed by atoms with Crippen molar-refractivity contribution < 1.29 is 23.6 Å². The number of methoxy groups -OCH3 is 1. The number of carbonyl (C=O) groups excluding carboxylic acids is 1. The Balaban J connectivity index is 1.83. The van der Waals surface area contributed by atoms with Crippen LogP contribution in [0.5, 0.6) is 11.5 Å². The lowest BCUT2D eigenvalue weighted by Crippen LogP contribution is -2.07. The third-order valence-electron chi connectivity index (χ3n) is 4.02. The van der Waals surface area contributed by atoms with E-state index in [9.17, 15) is 14.9 Å². The smallest absolute Gasteiger partial charge is 0.379 e. The van der Waals surface area contributed by atoms with Gasteiger partial charge in [-0.15, -0.1) is 0 Å². The zero-order valence-corrected chi connectivity index (χ0v) is 14.8. The number of nitrogens with zero attached hydrogens (tertiary/aromatic N) is 1. The van der Waals surface area contributed by atoms with Gasteiger partial charge in [0.2, 0.25) is 5.76 Å². The van der Waals surface area contributed by atoms with Crippen molar-refractivity contribution in [3.63, 3.8) is 0 Å². The van der Waals surface area contributed by atoms with E-state index in [1.807, 2.05) is 19.1 Å². The van der Waals surface area contributed by atoms with Gasteiger partial charge in [-0.2, -0.15) is 0 Å². The molecule has 0 amide bonds. The van der Waals surface area contributed by atoms with Gasteiger partial charge in [0.15, 0.2) is 0 Å². The highest BCUT2D eigenvalue weighted by molar-refractivity contribution is 5.89. The van der Waals surface area contributed by atoms with Crippen molar-refractivity contribution >= 4 is 11.7 Å². The maximum absolute atomic E-state index is 12.3. The van der Waals surface area contributed by atoms with Gasteiger partial charge in [-0.05, 0) is 48.4 Å². The number of nitro groups is 1. The van der Waals surface area contributed by atoms with Crippen LogP contribution in [-0.2, 0) is 6.42 Å². The topological polar surface area (TPSA) is 91.8 Å². The van der Waals surface area contributed by atoms with Gasteiger partial charge in [0.05, 0.1) is 23.7 Å². The van der Waals surface area contributed by atoms with E-state index in [1.165, 1.54) is 31.4 Å². The molecule has 7 nitrogen and oxygen atoms in total. The lowest BCUT2D eigenvalue weighted by molar-refractivity contribution is -0.384. The van der Waals surface area contributed by atoms with E-state index in [4.69, 9.17) is 13.9 Å². The fourth-order valence-corrected chi connectivity index (χ4v) is 2.54. The van der Waals surface area contributed by atoms with E-state index in [-0.39, 0.29) is 22.8 Å². The summed E-state index contributed by atoms with van der Waals surface area (Å²) in [4.78, 5) is 23.0. The molecule has 0 saturated carbocycles. The summed E-state index contributed by atoms with van der Waals surface area (Å²) in [6.07, 6.45) is 0.885. The second-order valence-electron chi connectivity index (χ2n) is 5.69. The minimum Gasteiger partial charge on any atom is -0.497 e. The number of ether oxygens (including phenoxy) is 2. The molecule has 0 unspecified atom stereocenters. The van der Waals surface area contributed by atoms with Crippen LogP contribution in [0.15, 0.2) is 59.0 Å². The zero-order valence-electron chi connectivity index (χ0n) is 14.8. The fourth-order valence-electron chi connectivity index (χ4n) is 2.54. The number of rotatable bonds is 6. The van der Waals surface area contributed by atoms with E-state index in [0.29, 0.717) is 11.5 Å². The minimum absolute atomic E-state index is 0.0466. The molecule has 0 saturated heterocycles. The molecule has 2 aromatic carbocycles. The Morgan fingerprint density at radius 1 is 1.07 bits per heavy atom. The molecular formula is C20H17NO6. The molecule has 1 aromatic heterocycles. The van der Waals surface area contributed by atoms with Crippen LogP contribution in [-0.4, -0.2) is 18.0 Å². The average molecular weight is 367 g/mol. The van der Waals surface area contributed by atoms with Gasteiger partial charge in [0.1, 0.15) is 17.3 Å². The molecule has 0 atom stereocenters. The summed E-state index contributed by atoms with van der Waals surface area (Å²) in [7, 11) is 1.42. The Bertz CT molecular complexity index is 974. The predicted molar refractivity (Wildman–Crippen MR) is 98.1 cm³/mol. The third-order valence-corrected chi connectivity index (χ3v) is 4.02. The molecule has 0 bridgehead atoms. The van der Waals surface area contributed by atoms with E-state index in [2.05, 4.69) is 0 Å². The summed E-state index contributed by atoms with van der Waals surface area (Å²) in [5, 5.41) is 11.3. The van der Waals surface area contributed by atoms with Crippen LogP contribution >= 0.6 is 0 Å². The van der Waals surface area contributed by atoms with Gasteiger partial charge in [-0.3, -0.25) is 10.1 Å². The first-order valence-corrected chi connectivity index (χ1v) is 8.25. The Morgan fingerprint density at radius 3 is 2.41 bits per heavy atom. The van der Waals surface area contributed by atoms with Crippen molar-refractivity contribution in [2.45, 2.75) is 13.3 Å². The van der Waals surface area contributed by atoms with Crippen LogP contribution in [0, 0.1) is 10.1 Å². The van der Waals surface area contributed by atoms with E-state index >= 15 is 0 Å². The van der Waals surface area contributed by atoms with Gasteiger partial charge in [0.25, 0.3) is 5.69 Å². The first kappa shape index (κ1) is 18.2. The summed E-state index contributed by atoms with van der Waals surface area (Å²) < 4.78 is 15.8. The molecule has 3 aromatic rings. The van der Waals surface area contributed by atoms with Crippen molar-refractivity contribution in [1.82, 2.24) is 0 Å². The molecule has 0 fully saturated rings. The standard InChI is InChI=1S/C20H17NO6/c1-3-13-4-6-14(7-5-13)26-20(22)19-11-10-18(27-19)16-9-8-15(25-2)12-17(16)21(23)24/h4-12H,3H2,1-2H3. The summed E-state index contributed by atoms with van der Waals surface area (Å²) in [5.41, 5.74) is 1.19. The van der Waals surface area contributed by atoms with Crippen LogP contribution in [0.25, 0.3) is 11.3 Å².